The zero-order valence-electron chi connectivity index (χ0n) is 14.0. The maximum atomic E-state index is 12.2. The average molecular weight is 340 g/mol. The van der Waals surface area contributed by atoms with Crippen LogP contribution in [0.5, 0.6) is 17.2 Å². The average Bonchev–Trinajstić information content (AvgIpc) is 3.22. The minimum atomic E-state index is -0.240. The van der Waals surface area contributed by atoms with Crippen molar-refractivity contribution in [2.24, 2.45) is 0 Å². The van der Waals surface area contributed by atoms with E-state index in [1.807, 2.05) is 13.0 Å². The van der Waals surface area contributed by atoms with E-state index in [1.165, 1.54) is 11.1 Å². The quantitative estimate of drug-likeness (QED) is 0.897. The number of anilines is 1. The van der Waals surface area contributed by atoms with E-state index >= 15 is 0 Å². The van der Waals surface area contributed by atoms with Crippen molar-refractivity contribution in [3.8, 4) is 17.2 Å². The molecule has 0 bridgehead atoms. The normalized spacial score (nSPS) is 15.2. The van der Waals surface area contributed by atoms with Gasteiger partial charge in [0.1, 0.15) is 5.75 Å². The molecule has 0 saturated heterocycles. The Bertz CT molecular complexity index is 806. The Morgan fingerprint density at radius 3 is 2.84 bits per heavy atom. The van der Waals surface area contributed by atoms with Crippen molar-refractivity contribution >= 4 is 11.7 Å². The second-order valence-electron chi connectivity index (χ2n) is 6.31. The van der Waals surface area contributed by atoms with Gasteiger partial charge in [0.25, 0.3) is 0 Å². The van der Waals surface area contributed by atoms with E-state index in [2.05, 4.69) is 22.8 Å². The number of urea groups is 1. The Morgan fingerprint density at radius 1 is 1.08 bits per heavy atom. The number of carbonyl (C=O) groups is 1. The van der Waals surface area contributed by atoms with Crippen LogP contribution in [0.2, 0.25) is 0 Å². The van der Waals surface area contributed by atoms with E-state index in [4.69, 9.17) is 14.2 Å². The Hall–Kier alpha value is -2.89. The van der Waals surface area contributed by atoms with Crippen LogP contribution < -0.4 is 24.8 Å². The van der Waals surface area contributed by atoms with Gasteiger partial charge < -0.3 is 24.8 Å². The molecule has 0 saturated carbocycles. The third-order valence-electron chi connectivity index (χ3n) is 4.30. The van der Waals surface area contributed by atoms with Crippen LogP contribution in [0.15, 0.2) is 36.4 Å². The van der Waals surface area contributed by atoms with Gasteiger partial charge in [0, 0.05) is 24.2 Å². The summed E-state index contributed by atoms with van der Waals surface area (Å²) >= 11 is 0. The highest BCUT2D eigenvalue weighted by molar-refractivity contribution is 5.89. The fraction of sp³-hybridized carbons (Fsp3) is 0.316. The molecule has 2 N–H and O–H groups in total. The lowest BCUT2D eigenvalue weighted by atomic mass is 10.0. The second-order valence-corrected chi connectivity index (χ2v) is 6.31. The summed E-state index contributed by atoms with van der Waals surface area (Å²) in [5, 5.41) is 5.78. The molecule has 0 aliphatic carbocycles. The highest BCUT2D eigenvalue weighted by Crippen LogP contribution is 2.34. The van der Waals surface area contributed by atoms with Gasteiger partial charge in [-0.25, -0.2) is 4.79 Å². The third-order valence-corrected chi connectivity index (χ3v) is 4.30. The van der Waals surface area contributed by atoms with Gasteiger partial charge in [0.15, 0.2) is 11.5 Å². The van der Waals surface area contributed by atoms with Crippen LogP contribution in [0, 0.1) is 0 Å². The largest absolute Gasteiger partial charge is 0.493 e. The molecule has 2 heterocycles. The van der Waals surface area contributed by atoms with Gasteiger partial charge in [-0.2, -0.15) is 0 Å². The number of ether oxygens (including phenoxy) is 3. The van der Waals surface area contributed by atoms with E-state index in [1.54, 1.807) is 18.2 Å². The number of rotatable bonds is 4. The van der Waals surface area contributed by atoms with Crippen molar-refractivity contribution in [3.05, 3.63) is 47.5 Å². The standard InChI is InChI=1S/C19H20N2O4/c1-12(8-13-2-4-16-14(9-13)6-7-23-16)20-19(22)21-15-3-5-17-18(10-15)25-11-24-17/h2-5,9-10,12H,6-8,11H2,1H3,(H2,20,21,22)/t12-/m0/s1. The molecule has 1 atom stereocenters. The van der Waals surface area contributed by atoms with E-state index in [-0.39, 0.29) is 18.9 Å². The summed E-state index contributed by atoms with van der Waals surface area (Å²) in [6.07, 6.45) is 1.72. The zero-order valence-corrected chi connectivity index (χ0v) is 14.0. The summed E-state index contributed by atoms with van der Waals surface area (Å²) in [6.45, 7) is 2.96. The number of carbonyl (C=O) groups excluding carboxylic acids is 1. The van der Waals surface area contributed by atoms with Gasteiger partial charge in [-0.3, -0.25) is 0 Å². The van der Waals surface area contributed by atoms with Gasteiger partial charge in [0.2, 0.25) is 6.79 Å². The lowest BCUT2D eigenvalue weighted by Crippen LogP contribution is -2.37. The maximum Gasteiger partial charge on any atom is 0.319 e. The Balaban J connectivity index is 1.33. The summed E-state index contributed by atoms with van der Waals surface area (Å²) in [5.74, 6) is 2.32. The van der Waals surface area contributed by atoms with Crippen molar-refractivity contribution in [1.82, 2.24) is 5.32 Å². The molecule has 0 fully saturated rings. The monoisotopic (exact) mass is 340 g/mol. The van der Waals surface area contributed by atoms with Crippen molar-refractivity contribution in [2.75, 3.05) is 18.7 Å². The molecule has 2 aromatic rings. The number of amides is 2. The SMILES string of the molecule is C[C@@H](Cc1ccc2c(c1)CCO2)NC(=O)Nc1ccc2c(c1)OCO2. The number of hydrogen-bond acceptors (Lipinski definition) is 4. The molecule has 6 nitrogen and oxygen atoms in total. The zero-order chi connectivity index (χ0) is 17.2. The van der Waals surface area contributed by atoms with Gasteiger partial charge in [-0.1, -0.05) is 12.1 Å². The molecule has 4 rings (SSSR count). The Morgan fingerprint density at radius 2 is 1.92 bits per heavy atom. The van der Waals surface area contributed by atoms with E-state index in [0.29, 0.717) is 17.2 Å². The molecule has 0 aromatic heterocycles. The summed E-state index contributed by atoms with van der Waals surface area (Å²) in [6, 6.07) is 11.3. The molecular weight excluding hydrogens is 320 g/mol. The summed E-state index contributed by atoms with van der Waals surface area (Å²) in [7, 11) is 0. The predicted octanol–water partition coefficient (Wildman–Crippen LogP) is 3.10. The highest BCUT2D eigenvalue weighted by Gasteiger charge is 2.16. The molecule has 2 amide bonds. The third kappa shape index (κ3) is 3.47. The summed E-state index contributed by atoms with van der Waals surface area (Å²) < 4.78 is 16.1. The van der Waals surface area contributed by atoms with Crippen LogP contribution >= 0.6 is 0 Å². The van der Waals surface area contributed by atoms with Crippen molar-refractivity contribution < 1.29 is 19.0 Å². The Kier molecular flexibility index (Phi) is 4.09. The van der Waals surface area contributed by atoms with Crippen LogP contribution in [-0.4, -0.2) is 25.5 Å². The molecule has 6 heteroatoms. The van der Waals surface area contributed by atoms with E-state index in [0.717, 1.165) is 25.2 Å². The van der Waals surface area contributed by atoms with Crippen LogP contribution in [0.4, 0.5) is 10.5 Å². The molecule has 0 spiro atoms. The molecule has 0 radical (unpaired) electrons. The number of benzene rings is 2. The fourth-order valence-corrected chi connectivity index (χ4v) is 3.14. The first-order valence-corrected chi connectivity index (χ1v) is 8.39. The molecule has 2 aliphatic rings. The summed E-state index contributed by atoms with van der Waals surface area (Å²) in [4.78, 5) is 12.2. The van der Waals surface area contributed by atoms with Gasteiger partial charge in [-0.05, 0) is 42.7 Å². The highest BCUT2D eigenvalue weighted by atomic mass is 16.7. The summed E-state index contributed by atoms with van der Waals surface area (Å²) in [5.41, 5.74) is 3.11. The number of hydrogen-bond donors (Lipinski definition) is 2. The van der Waals surface area contributed by atoms with E-state index in [9.17, 15) is 4.79 Å². The second kappa shape index (κ2) is 6.55. The maximum absolute atomic E-state index is 12.2. The predicted molar refractivity (Wildman–Crippen MR) is 93.5 cm³/mol. The van der Waals surface area contributed by atoms with Gasteiger partial charge in [-0.15, -0.1) is 0 Å². The number of fused-ring (bicyclic) bond motifs is 2. The first kappa shape index (κ1) is 15.6. The van der Waals surface area contributed by atoms with E-state index < -0.39 is 0 Å². The topological polar surface area (TPSA) is 68.8 Å². The van der Waals surface area contributed by atoms with Crippen LogP contribution in [0.1, 0.15) is 18.1 Å². The molecule has 0 unspecified atom stereocenters. The molecule has 2 aromatic carbocycles. The number of nitrogens with one attached hydrogen (secondary N) is 2. The van der Waals surface area contributed by atoms with Crippen molar-refractivity contribution in [1.29, 1.82) is 0 Å². The van der Waals surface area contributed by atoms with Gasteiger partial charge >= 0.3 is 6.03 Å². The van der Waals surface area contributed by atoms with Crippen LogP contribution in [0.25, 0.3) is 0 Å². The van der Waals surface area contributed by atoms with Crippen molar-refractivity contribution in [3.63, 3.8) is 0 Å². The lowest BCUT2D eigenvalue weighted by Gasteiger charge is -2.15. The fourth-order valence-electron chi connectivity index (χ4n) is 3.14. The molecule has 2 aliphatic heterocycles. The van der Waals surface area contributed by atoms with Crippen molar-refractivity contribution in [2.45, 2.75) is 25.8 Å². The van der Waals surface area contributed by atoms with Crippen LogP contribution in [0.3, 0.4) is 0 Å². The minimum absolute atomic E-state index is 0.00869. The molecule has 130 valence electrons. The molecular formula is C19H20N2O4. The van der Waals surface area contributed by atoms with Crippen LogP contribution in [-0.2, 0) is 12.8 Å². The smallest absolute Gasteiger partial charge is 0.319 e. The first-order chi connectivity index (χ1) is 12.2. The minimum Gasteiger partial charge on any atom is -0.493 e. The first-order valence-electron chi connectivity index (χ1n) is 8.39. The lowest BCUT2D eigenvalue weighted by molar-refractivity contribution is 0.174. The van der Waals surface area contributed by atoms with Gasteiger partial charge in [0.05, 0.1) is 6.61 Å². The Labute approximate surface area is 146 Å². The molecule has 25 heavy (non-hydrogen) atoms.